The van der Waals surface area contributed by atoms with Gasteiger partial charge in [0.25, 0.3) is 0 Å². The Balaban J connectivity index is 2.01. The predicted octanol–water partition coefficient (Wildman–Crippen LogP) is 1.41. The van der Waals surface area contributed by atoms with Crippen LogP contribution in [-0.2, 0) is 16.6 Å². The van der Waals surface area contributed by atoms with E-state index in [0.29, 0.717) is 5.52 Å². The summed E-state index contributed by atoms with van der Waals surface area (Å²) in [6, 6.07) is 6.16. The van der Waals surface area contributed by atoms with Crippen LogP contribution in [0.1, 0.15) is 10.4 Å². The molecule has 0 saturated heterocycles. The van der Waals surface area contributed by atoms with Crippen LogP contribution in [-0.4, -0.2) is 29.7 Å². The van der Waals surface area contributed by atoms with Gasteiger partial charge < -0.3 is 9.97 Å². The van der Waals surface area contributed by atoms with E-state index in [4.69, 9.17) is 0 Å². The van der Waals surface area contributed by atoms with E-state index in [9.17, 15) is 18.0 Å². The highest BCUT2D eigenvalue weighted by Crippen LogP contribution is 2.23. The summed E-state index contributed by atoms with van der Waals surface area (Å²) in [5.41, 5.74) is 0.0853. The second-order valence-corrected chi connectivity index (χ2v) is 8.45. The van der Waals surface area contributed by atoms with Gasteiger partial charge in [-0.25, -0.2) is 8.42 Å². The first kappa shape index (κ1) is 16.6. The molecule has 0 radical (unpaired) electrons. The van der Waals surface area contributed by atoms with Gasteiger partial charge in [-0.15, -0.1) is 11.3 Å². The molecule has 0 aliphatic heterocycles. The number of H-pyrrole nitrogens is 2. The van der Waals surface area contributed by atoms with Crippen LogP contribution in [0, 0.1) is 6.92 Å². The molecule has 0 fully saturated rings. The summed E-state index contributed by atoms with van der Waals surface area (Å²) in [4.78, 5) is 28.5. The van der Waals surface area contributed by atoms with Crippen LogP contribution in [0.2, 0.25) is 0 Å². The SMILES string of the molecule is Cc1ccsc1CN(C)S(=O)(=O)c1ccc2[nH]c(=O)c(=O)[nH]c2c1. The second-order valence-electron chi connectivity index (χ2n) is 5.40. The van der Waals surface area contributed by atoms with Crippen molar-refractivity contribution < 1.29 is 8.42 Å². The van der Waals surface area contributed by atoms with Gasteiger partial charge in [0.2, 0.25) is 10.0 Å². The Morgan fingerprint density at radius 2 is 1.75 bits per heavy atom. The molecule has 0 aliphatic rings. The summed E-state index contributed by atoms with van der Waals surface area (Å²) in [6.45, 7) is 2.20. The maximum atomic E-state index is 12.7. The van der Waals surface area contributed by atoms with Crippen LogP contribution >= 0.6 is 11.3 Å². The van der Waals surface area contributed by atoms with E-state index in [-0.39, 0.29) is 17.0 Å². The summed E-state index contributed by atoms with van der Waals surface area (Å²) in [7, 11) is -2.21. The lowest BCUT2D eigenvalue weighted by Gasteiger charge is -2.17. The summed E-state index contributed by atoms with van der Waals surface area (Å²) >= 11 is 1.50. The van der Waals surface area contributed by atoms with Crippen molar-refractivity contribution in [1.82, 2.24) is 14.3 Å². The standard InChI is InChI=1S/C15H15N3O4S2/c1-9-5-6-23-13(9)8-18(2)24(21,22)10-3-4-11-12(7-10)17-15(20)14(19)16-11/h3-7H,8H2,1-2H3,(H,16,19)(H,17,20). The molecule has 0 unspecified atom stereocenters. The Hall–Kier alpha value is -2.23. The van der Waals surface area contributed by atoms with E-state index in [1.807, 2.05) is 18.4 Å². The smallest absolute Gasteiger partial charge is 0.314 e. The Bertz CT molecular complexity index is 1130. The minimum atomic E-state index is -3.72. The minimum absolute atomic E-state index is 0.0504. The van der Waals surface area contributed by atoms with Crippen molar-refractivity contribution in [2.24, 2.45) is 0 Å². The first-order valence-electron chi connectivity index (χ1n) is 7.05. The van der Waals surface area contributed by atoms with Crippen molar-refractivity contribution in [2.75, 3.05) is 7.05 Å². The molecule has 0 atom stereocenters. The van der Waals surface area contributed by atoms with E-state index in [1.165, 1.54) is 40.9 Å². The number of fused-ring (bicyclic) bond motifs is 1. The third-order valence-electron chi connectivity index (χ3n) is 3.74. The molecule has 9 heteroatoms. The van der Waals surface area contributed by atoms with Crippen LogP contribution in [0.5, 0.6) is 0 Å². The van der Waals surface area contributed by atoms with Gasteiger partial charge >= 0.3 is 11.1 Å². The number of aromatic nitrogens is 2. The lowest BCUT2D eigenvalue weighted by molar-refractivity contribution is 0.469. The zero-order valence-corrected chi connectivity index (χ0v) is 14.6. The molecule has 2 N–H and O–H groups in total. The molecule has 3 aromatic rings. The van der Waals surface area contributed by atoms with Crippen LogP contribution in [0.3, 0.4) is 0 Å². The number of benzene rings is 1. The van der Waals surface area contributed by atoms with Gasteiger partial charge in [-0.3, -0.25) is 9.59 Å². The van der Waals surface area contributed by atoms with Gasteiger partial charge in [-0.1, -0.05) is 0 Å². The highest BCUT2D eigenvalue weighted by Gasteiger charge is 2.22. The lowest BCUT2D eigenvalue weighted by Crippen LogP contribution is -2.29. The molecule has 0 saturated carbocycles. The average molecular weight is 365 g/mol. The molecule has 126 valence electrons. The third kappa shape index (κ3) is 2.93. The Morgan fingerprint density at radius 3 is 2.38 bits per heavy atom. The quantitative estimate of drug-likeness (QED) is 0.682. The van der Waals surface area contributed by atoms with Crippen molar-refractivity contribution >= 4 is 32.4 Å². The molecule has 3 rings (SSSR count). The normalized spacial score (nSPS) is 12.1. The number of nitrogens with one attached hydrogen (secondary N) is 2. The number of hydrogen-bond donors (Lipinski definition) is 2. The van der Waals surface area contributed by atoms with Gasteiger partial charge in [-0.2, -0.15) is 4.31 Å². The van der Waals surface area contributed by atoms with E-state index >= 15 is 0 Å². The number of hydrogen-bond acceptors (Lipinski definition) is 5. The molecule has 1 aromatic carbocycles. The molecular weight excluding hydrogens is 350 g/mol. The molecule has 24 heavy (non-hydrogen) atoms. The van der Waals surface area contributed by atoms with Crippen LogP contribution < -0.4 is 11.1 Å². The largest absolute Gasteiger partial charge is 0.316 e. The fourth-order valence-corrected chi connectivity index (χ4v) is 4.49. The van der Waals surface area contributed by atoms with Crippen molar-refractivity contribution in [1.29, 1.82) is 0 Å². The molecular formula is C15H15N3O4S2. The van der Waals surface area contributed by atoms with E-state index in [1.54, 1.807) is 0 Å². The topological polar surface area (TPSA) is 103 Å². The molecule has 0 amide bonds. The summed E-state index contributed by atoms with van der Waals surface area (Å²) in [5.74, 6) is 0. The first-order valence-corrected chi connectivity index (χ1v) is 9.36. The monoisotopic (exact) mass is 365 g/mol. The fourth-order valence-electron chi connectivity index (χ4n) is 2.29. The molecule has 7 nitrogen and oxygen atoms in total. The minimum Gasteiger partial charge on any atom is -0.316 e. The molecule has 0 spiro atoms. The Labute approximate surface area is 141 Å². The van der Waals surface area contributed by atoms with Crippen molar-refractivity contribution in [3.63, 3.8) is 0 Å². The second kappa shape index (κ2) is 6.00. The molecule has 2 aromatic heterocycles. The van der Waals surface area contributed by atoms with Crippen molar-refractivity contribution in [2.45, 2.75) is 18.4 Å². The van der Waals surface area contributed by atoms with Gasteiger partial charge in [-0.05, 0) is 42.1 Å². The molecule has 2 heterocycles. The predicted molar refractivity (Wildman–Crippen MR) is 92.9 cm³/mol. The zero-order valence-electron chi connectivity index (χ0n) is 13.0. The maximum Gasteiger partial charge on any atom is 0.314 e. The molecule has 0 bridgehead atoms. The number of nitrogens with zero attached hydrogens (tertiary/aromatic N) is 1. The highest BCUT2D eigenvalue weighted by molar-refractivity contribution is 7.89. The van der Waals surface area contributed by atoms with Gasteiger partial charge in [0.15, 0.2) is 0 Å². The zero-order chi connectivity index (χ0) is 17.5. The summed E-state index contributed by atoms with van der Waals surface area (Å²) in [5, 5.41) is 1.92. The number of rotatable bonds is 4. The van der Waals surface area contributed by atoms with Crippen LogP contribution in [0.25, 0.3) is 11.0 Å². The summed E-state index contributed by atoms with van der Waals surface area (Å²) in [6.07, 6.45) is 0. The van der Waals surface area contributed by atoms with Crippen LogP contribution in [0.15, 0.2) is 44.1 Å². The number of thiophene rings is 1. The lowest BCUT2D eigenvalue weighted by atomic mass is 10.3. The Morgan fingerprint density at radius 1 is 1.08 bits per heavy atom. The summed E-state index contributed by atoms with van der Waals surface area (Å²) < 4.78 is 26.7. The number of aromatic amines is 2. The van der Waals surface area contributed by atoms with Crippen LogP contribution in [0.4, 0.5) is 0 Å². The highest BCUT2D eigenvalue weighted by atomic mass is 32.2. The van der Waals surface area contributed by atoms with E-state index in [0.717, 1.165) is 10.4 Å². The molecule has 0 aliphatic carbocycles. The number of aryl methyl sites for hydroxylation is 1. The van der Waals surface area contributed by atoms with E-state index < -0.39 is 21.1 Å². The van der Waals surface area contributed by atoms with Gasteiger partial charge in [0.05, 0.1) is 15.9 Å². The average Bonchev–Trinajstić information content (AvgIpc) is 2.93. The maximum absolute atomic E-state index is 12.7. The first-order chi connectivity index (χ1) is 11.3. The van der Waals surface area contributed by atoms with Gasteiger partial charge in [0, 0.05) is 18.5 Å². The number of sulfonamides is 1. The van der Waals surface area contributed by atoms with Crippen molar-refractivity contribution in [3.8, 4) is 0 Å². The van der Waals surface area contributed by atoms with E-state index in [2.05, 4.69) is 9.97 Å². The van der Waals surface area contributed by atoms with Gasteiger partial charge in [0.1, 0.15) is 0 Å². The van der Waals surface area contributed by atoms with Crippen molar-refractivity contribution in [3.05, 3.63) is 60.8 Å². The Kier molecular flexibility index (Phi) is 4.16. The fraction of sp³-hybridized carbons (Fsp3) is 0.200. The third-order valence-corrected chi connectivity index (χ3v) is 6.54.